The van der Waals surface area contributed by atoms with Gasteiger partial charge in [0.15, 0.2) is 0 Å². The Kier molecular flexibility index (Phi) is 3.29. The number of rotatable bonds is 1. The molecule has 1 rings (SSSR count). The summed E-state index contributed by atoms with van der Waals surface area (Å²) in [5.41, 5.74) is 0. The molecular formula is C9H14O3. The summed E-state index contributed by atoms with van der Waals surface area (Å²) < 4.78 is 0. The predicted molar refractivity (Wildman–Crippen MR) is 44.7 cm³/mol. The number of carboxylic acid groups (broad SMARTS) is 1. The maximum atomic E-state index is 10.6. The molecule has 1 aliphatic rings. The van der Waals surface area contributed by atoms with Crippen molar-refractivity contribution in [3.05, 3.63) is 12.2 Å². The topological polar surface area (TPSA) is 57.5 Å². The molecule has 0 aromatic carbocycles. The third kappa shape index (κ3) is 2.66. The second-order valence-electron chi connectivity index (χ2n) is 3.19. The molecule has 0 spiro atoms. The maximum absolute atomic E-state index is 10.6. The molecule has 1 aliphatic carbocycles. The van der Waals surface area contributed by atoms with Gasteiger partial charge in [0.25, 0.3) is 0 Å². The first-order valence-electron chi connectivity index (χ1n) is 4.27. The number of allylic oxidation sites excluding steroid dienone is 1. The summed E-state index contributed by atoms with van der Waals surface area (Å²) in [6.45, 7) is 0. The molecule has 0 saturated heterocycles. The second-order valence-corrected chi connectivity index (χ2v) is 3.19. The van der Waals surface area contributed by atoms with E-state index in [1.165, 1.54) is 0 Å². The van der Waals surface area contributed by atoms with E-state index < -0.39 is 12.1 Å². The summed E-state index contributed by atoms with van der Waals surface area (Å²) in [6, 6.07) is 0. The van der Waals surface area contributed by atoms with E-state index in [1.807, 2.05) is 6.08 Å². The SMILES string of the molecule is O=C(O)[C@@H]1CC/C=C/[C@@H](O)CC1. The van der Waals surface area contributed by atoms with Crippen LogP contribution in [0.15, 0.2) is 12.2 Å². The van der Waals surface area contributed by atoms with Gasteiger partial charge in [0.05, 0.1) is 12.0 Å². The highest BCUT2D eigenvalue weighted by molar-refractivity contribution is 5.69. The third-order valence-corrected chi connectivity index (χ3v) is 2.20. The Balaban J connectivity index is 2.49. The van der Waals surface area contributed by atoms with Crippen molar-refractivity contribution in [3.8, 4) is 0 Å². The van der Waals surface area contributed by atoms with Gasteiger partial charge in [-0.25, -0.2) is 0 Å². The Morgan fingerprint density at radius 3 is 2.75 bits per heavy atom. The van der Waals surface area contributed by atoms with Crippen molar-refractivity contribution in [2.45, 2.75) is 31.8 Å². The van der Waals surface area contributed by atoms with E-state index in [-0.39, 0.29) is 5.92 Å². The van der Waals surface area contributed by atoms with E-state index in [1.54, 1.807) is 6.08 Å². The monoisotopic (exact) mass is 170 g/mol. The lowest BCUT2D eigenvalue weighted by atomic mass is 9.93. The highest BCUT2D eigenvalue weighted by atomic mass is 16.4. The minimum Gasteiger partial charge on any atom is -0.481 e. The number of aliphatic hydroxyl groups is 1. The maximum Gasteiger partial charge on any atom is 0.306 e. The Hall–Kier alpha value is -0.830. The summed E-state index contributed by atoms with van der Waals surface area (Å²) in [5.74, 6) is -1.01. The van der Waals surface area contributed by atoms with Gasteiger partial charge in [-0.15, -0.1) is 0 Å². The van der Waals surface area contributed by atoms with Gasteiger partial charge in [0, 0.05) is 0 Å². The summed E-state index contributed by atoms with van der Waals surface area (Å²) in [6.07, 6.45) is 5.76. The van der Waals surface area contributed by atoms with Crippen LogP contribution in [0, 0.1) is 5.92 Å². The molecule has 12 heavy (non-hydrogen) atoms. The lowest BCUT2D eigenvalue weighted by Gasteiger charge is -2.15. The fourth-order valence-corrected chi connectivity index (χ4v) is 1.41. The minimum absolute atomic E-state index is 0.274. The van der Waals surface area contributed by atoms with Crippen LogP contribution >= 0.6 is 0 Å². The molecule has 3 heteroatoms. The molecule has 3 nitrogen and oxygen atoms in total. The summed E-state index contributed by atoms with van der Waals surface area (Å²) in [4.78, 5) is 10.6. The van der Waals surface area contributed by atoms with Gasteiger partial charge in [-0.3, -0.25) is 4.79 Å². The fraction of sp³-hybridized carbons (Fsp3) is 0.667. The van der Waals surface area contributed by atoms with E-state index in [0.717, 1.165) is 6.42 Å². The van der Waals surface area contributed by atoms with Crippen LogP contribution in [0.4, 0.5) is 0 Å². The van der Waals surface area contributed by atoms with Gasteiger partial charge in [-0.05, 0) is 25.7 Å². The van der Waals surface area contributed by atoms with Gasteiger partial charge in [-0.1, -0.05) is 12.2 Å². The molecule has 2 N–H and O–H groups in total. The third-order valence-electron chi connectivity index (χ3n) is 2.20. The molecular weight excluding hydrogens is 156 g/mol. The van der Waals surface area contributed by atoms with Gasteiger partial charge >= 0.3 is 5.97 Å². The largest absolute Gasteiger partial charge is 0.481 e. The van der Waals surface area contributed by atoms with E-state index in [0.29, 0.717) is 19.3 Å². The van der Waals surface area contributed by atoms with Crippen LogP contribution < -0.4 is 0 Å². The first-order chi connectivity index (χ1) is 5.70. The second kappa shape index (κ2) is 4.26. The van der Waals surface area contributed by atoms with Crippen LogP contribution in [-0.2, 0) is 4.79 Å². The lowest BCUT2D eigenvalue weighted by Crippen LogP contribution is -2.17. The average Bonchev–Trinajstić information content (AvgIpc) is 1.97. The van der Waals surface area contributed by atoms with E-state index in [2.05, 4.69) is 0 Å². The molecule has 0 amide bonds. The van der Waals surface area contributed by atoms with Crippen molar-refractivity contribution in [1.82, 2.24) is 0 Å². The van der Waals surface area contributed by atoms with Gasteiger partial charge < -0.3 is 10.2 Å². The number of hydrogen-bond donors (Lipinski definition) is 2. The quantitative estimate of drug-likeness (QED) is 0.581. The fourth-order valence-electron chi connectivity index (χ4n) is 1.41. The van der Waals surface area contributed by atoms with Gasteiger partial charge in [0.2, 0.25) is 0 Å². The number of hydrogen-bond acceptors (Lipinski definition) is 2. The Labute approximate surface area is 71.7 Å². The number of carboxylic acids is 1. The van der Waals surface area contributed by atoms with E-state index in [9.17, 15) is 9.90 Å². The molecule has 0 aliphatic heterocycles. The number of aliphatic carboxylic acids is 1. The molecule has 68 valence electrons. The zero-order valence-electron chi connectivity index (χ0n) is 6.94. The zero-order valence-corrected chi connectivity index (χ0v) is 6.94. The lowest BCUT2D eigenvalue weighted by molar-refractivity contribution is -0.142. The van der Waals surface area contributed by atoms with Crippen molar-refractivity contribution in [3.63, 3.8) is 0 Å². The molecule has 0 radical (unpaired) electrons. The van der Waals surface area contributed by atoms with Crippen molar-refractivity contribution in [2.75, 3.05) is 0 Å². The minimum atomic E-state index is -0.738. The molecule has 0 bridgehead atoms. The van der Waals surface area contributed by atoms with Crippen molar-refractivity contribution in [2.24, 2.45) is 5.92 Å². The van der Waals surface area contributed by atoms with Crippen molar-refractivity contribution >= 4 is 5.97 Å². The van der Waals surface area contributed by atoms with Crippen LogP contribution in [0.5, 0.6) is 0 Å². The van der Waals surface area contributed by atoms with Crippen molar-refractivity contribution < 1.29 is 15.0 Å². The molecule has 0 unspecified atom stereocenters. The molecule has 0 aromatic rings. The summed E-state index contributed by atoms with van der Waals surface area (Å²) in [7, 11) is 0. The predicted octanol–water partition coefficient (Wildman–Crippen LogP) is 1.18. The van der Waals surface area contributed by atoms with E-state index >= 15 is 0 Å². The van der Waals surface area contributed by atoms with Crippen LogP contribution in [0.25, 0.3) is 0 Å². The molecule has 0 heterocycles. The van der Waals surface area contributed by atoms with Gasteiger partial charge in [0.1, 0.15) is 0 Å². The smallest absolute Gasteiger partial charge is 0.306 e. The molecule has 0 fully saturated rings. The average molecular weight is 170 g/mol. The standard InChI is InChI=1S/C9H14O3/c10-8-4-2-1-3-7(5-6-8)9(11)12/h2,4,7-8,10H,1,3,5-6H2,(H,11,12)/b4-2+/t7-,8-/m1/s1. The first-order valence-corrected chi connectivity index (χ1v) is 4.27. The summed E-state index contributed by atoms with van der Waals surface area (Å²) in [5, 5.41) is 18.0. The highest BCUT2D eigenvalue weighted by Crippen LogP contribution is 2.18. The van der Waals surface area contributed by atoms with Crippen molar-refractivity contribution in [1.29, 1.82) is 0 Å². The van der Waals surface area contributed by atoms with Gasteiger partial charge in [-0.2, -0.15) is 0 Å². The molecule has 0 aromatic heterocycles. The Morgan fingerprint density at radius 2 is 2.08 bits per heavy atom. The summed E-state index contributed by atoms with van der Waals surface area (Å²) >= 11 is 0. The van der Waals surface area contributed by atoms with E-state index in [4.69, 9.17) is 5.11 Å². The Bertz CT molecular complexity index is 186. The van der Waals surface area contributed by atoms with Crippen LogP contribution in [0.2, 0.25) is 0 Å². The molecule has 0 saturated carbocycles. The first kappa shape index (κ1) is 9.26. The highest BCUT2D eigenvalue weighted by Gasteiger charge is 2.18. The van der Waals surface area contributed by atoms with Crippen LogP contribution in [-0.4, -0.2) is 22.3 Å². The van der Waals surface area contributed by atoms with Crippen LogP contribution in [0.3, 0.4) is 0 Å². The Morgan fingerprint density at radius 1 is 1.33 bits per heavy atom. The van der Waals surface area contributed by atoms with Crippen LogP contribution in [0.1, 0.15) is 25.7 Å². The molecule has 2 atom stereocenters. The number of aliphatic hydroxyl groups excluding tert-OH is 1. The zero-order chi connectivity index (χ0) is 8.97. The number of carbonyl (C=O) groups is 1. The normalized spacial score (nSPS) is 33.4.